The minimum absolute atomic E-state index is 0.392. The van der Waals surface area contributed by atoms with Crippen LogP contribution in [0.4, 0.5) is 0 Å². The van der Waals surface area contributed by atoms with E-state index in [4.69, 9.17) is 0 Å². The predicted molar refractivity (Wildman–Crippen MR) is 58.7 cm³/mol. The zero-order valence-corrected chi connectivity index (χ0v) is 9.01. The summed E-state index contributed by atoms with van der Waals surface area (Å²) in [4.78, 5) is 0. The van der Waals surface area contributed by atoms with Gasteiger partial charge in [0, 0.05) is 0 Å². The molecule has 0 spiro atoms. The molecule has 1 aromatic rings. The second kappa shape index (κ2) is 3.30. The SMILES string of the molecule is CCC1(CC)CCc2cc(O)ccc21. The zero-order valence-electron chi connectivity index (χ0n) is 9.01. The lowest BCUT2D eigenvalue weighted by molar-refractivity contribution is 0.394. The van der Waals surface area contributed by atoms with Crippen molar-refractivity contribution in [2.45, 2.75) is 44.9 Å². The van der Waals surface area contributed by atoms with Gasteiger partial charge >= 0.3 is 0 Å². The van der Waals surface area contributed by atoms with E-state index in [-0.39, 0.29) is 0 Å². The number of hydrogen-bond acceptors (Lipinski definition) is 1. The smallest absolute Gasteiger partial charge is 0.115 e. The molecule has 76 valence electrons. The minimum atomic E-state index is 0.392. The molecule has 0 amide bonds. The predicted octanol–water partition coefficient (Wildman–Crippen LogP) is 3.40. The van der Waals surface area contributed by atoms with Crippen LogP contribution in [0.25, 0.3) is 0 Å². The average Bonchev–Trinajstić information content (AvgIpc) is 2.56. The summed E-state index contributed by atoms with van der Waals surface area (Å²) in [5.74, 6) is 0.409. The highest BCUT2D eigenvalue weighted by Gasteiger charge is 2.35. The van der Waals surface area contributed by atoms with E-state index in [1.165, 1.54) is 30.4 Å². The van der Waals surface area contributed by atoms with Gasteiger partial charge in [-0.2, -0.15) is 0 Å². The molecule has 0 heterocycles. The summed E-state index contributed by atoms with van der Waals surface area (Å²) in [6.45, 7) is 4.54. The Morgan fingerprint density at radius 1 is 1.29 bits per heavy atom. The van der Waals surface area contributed by atoms with E-state index in [0.29, 0.717) is 11.2 Å². The number of hydrogen-bond donors (Lipinski definition) is 1. The lowest BCUT2D eigenvalue weighted by atomic mass is 9.77. The number of phenolic OH excluding ortho intramolecular Hbond substituents is 1. The third-order valence-electron chi connectivity index (χ3n) is 3.89. The first-order valence-corrected chi connectivity index (χ1v) is 5.54. The van der Waals surface area contributed by atoms with Crippen LogP contribution in [0.2, 0.25) is 0 Å². The Morgan fingerprint density at radius 2 is 2.00 bits per heavy atom. The van der Waals surface area contributed by atoms with Crippen LogP contribution in [-0.2, 0) is 11.8 Å². The molecule has 14 heavy (non-hydrogen) atoms. The number of rotatable bonds is 2. The van der Waals surface area contributed by atoms with Crippen molar-refractivity contribution < 1.29 is 5.11 Å². The fourth-order valence-corrected chi connectivity index (χ4v) is 2.80. The summed E-state index contributed by atoms with van der Waals surface area (Å²) in [6, 6.07) is 5.87. The van der Waals surface area contributed by atoms with Crippen molar-refractivity contribution >= 4 is 0 Å². The van der Waals surface area contributed by atoms with Gasteiger partial charge in [0.25, 0.3) is 0 Å². The summed E-state index contributed by atoms with van der Waals surface area (Å²) in [5.41, 5.74) is 3.22. The summed E-state index contributed by atoms with van der Waals surface area (Å²) in [6.07, 6.45) is 4.80. The molecule has 0 radical (unpaired) electrons. The molecule has 1 nitrogen and oxygen atoms in total. The van der Waals surface area contributed by atoms with Crippen molar-refractivity contribution in [1.82, 2.24) is 0 Å². The first-order chi connectivity index (χ1) is 6.72. The summed E-state index contributed by atoms with van der Waals surface area (Å²) in [7, 11) is 0. The van der Waals surface area contributed by atoms with Crippen LogP contribution in [-0.4, -0.2) is 5.11 Å². The molecule has 0 bridgehead atoms. The van der Waals surface area contributed by atoms with Crippen LogP contribution in [0.3, 0.4) is 0 Å². The van der Waals surface area contributed by atoms with Crippen LogP contribution in [0, 0.1) is 0 Å². The fraction of sp³-hybridized carbons (Fsp3) is 0.538. The van der Waals surface area contributed by atoms with Crippen LogP contribution >= 0.6 is 0 Å². The first-order valence-electron chi connectivity index (χ1n) is 5.54. The lowest BCUT2D eigenvalue weighted by Crippen LogP contribution is -2.20. The van der Waals surface area contributed by atoms with Gasteiger partial charge in [0.2, 0.25) is 0 Å². The van der Waals surface area contributed by atoms with Gasteiger partial charge in [-0.15, -0.1) is 0 Å². The third-order valence-corrected chi connectivity index (χ3v) is 3.89. The molecule has 2 rings (SSSR count). The maximum atomic E-state index is 9.41. The van der Waals surface area contributed by atoms with Crippen LogP contribution in [0.15, 0.2) is 18.2 Å². The molecule has 0 aliphatic heterocycles. The summed E-state index contributed by atoms with van der Waals surface area (Å²) >= 11 is 0. The van der Waals surface area contributed by atoms with Crippen molar-refractivity contribution in [2.24, 2.45) is 0 Å². The van der Waals surface area contributed by atoms with Crippen molar-refractivity contribution in [3.8, 4) is 5.75 Å². The lowest BCUT2D eigenvalue weighted by Gasteiger charge is -2.27. The highest BCUT2D eigenvalue weighted by atomic mass is 16.3. The number of fused-ring (bicyclic) bond motifs is 1. The van der Waals surface area contributed by atoms with Gasteiger partial charge < -0.3 is 5.11 Å². The molecule has 0 fully saturated rings. The molecule has 1 N–H and O–H groups in total. The zero-order chi connectivity index (χ0) is 10.2. The van der Waals surface area contributed by atoms with E-state index in [1.54, 1.807) is 0 Å². The number of phenols is 1. The standard InChI is InChI=1S/C13H18O/c1-3-13(4-2)8-7-10-9-11(14)5-6-12(10)13/h5-6,9,14H,3-4,7-8H2,1-2H3. The molecule has 0 aromatic heterocycles. The van der Waals surface area contributed by atoms with Crippen molar-refractivity contribution in [3.63, 3.8) is 0 Å². The van der Waals surface area contributed by atoms with Gasteiger partial charge in [0.05, 0.1) is 0 Å². The number of aryl methyl sites for hydroxylation is 1. The molecule has 1 aliphatic rings. The molecule has 0 atom stereocenters. The number of aromatic hydroxyl groups is 1. The largest absolute Gasteiger partial charge is 0.508 e. The maximum Gasteiger partial charge on any atom is 0.115 e. The Labute approximate surface area is 85.8 Å². The highest BCUT2D eigenvalue weighted by molar-refractivity contribution is 5.43. The Morgan fingerprint density at radius 3 is 2.64 bits per heavy atom. The van der Waals surface area contributed by atoms with Crippen molar-refractivity contribution in [2.75, 3.05) is 0 Å². The van der Waals surface area contributed by atoms with E-state index in [0.717, 1.165) is 6.42 Å². The highest BCUT2D eigenvalue weighted by Crippen LogP contribution is 2.44. The topological polar surface area (TPSA) is 20.2 Å². The van der Waals surface area contributed by atoms with Gasteiger partial charge in [-0.3, -0.25) is 0 Å². The monoisotopic (exact) mass is 190 g/mol. The first kappa shape index (κ1) is 9.57. The Bertz CT molecular complexity index is 337. The average molecular weight is 190 g/mol. The summed E-state index contributed by atoms with van der Waals surface area (Å²) in [5, 5.41) is 9.41. The van der Waals surface area contributed by atoms with E-state index in [9.17, 15) is 5.11 Å². The van der Waals surface area contributed by atoms with Crippen LogP contribution in [0.5, 0.6) is 5.75 Å². The molecule has 0 unspecified atom stereocenters. The second-order valence-electron chi connectivity index (χ2n) is 4.33. The third kappa shape index (κ3) is 1.23. The van der Waals surface area contributed by atoms with Gasteiger partial charge in [0.15, 0.2) is 0 Å². The number of benzene rings is 1. The van der Waals surface area contributed by atoms with E-state index < -0.39 is 0 Å². The maximum absolute atomic E-state index is 9.41. The summed E-state index contributed by atoms with van der Waals surface area (Å²) < 4.78 is 0. The molecule has 0 saturated heterocycles. The van der Waals surface area contributed by atoms with E-state index in [2.05, 4.69) is 19.9 Å². The molecular formula is C13H18O. The minimum Gasteiger partial charge on any atom is -0.508 e. The quantitative estimate of drug-likeness (QED) is 0.757. The Hall–Kier alpha value is -0.980. The van der Waals surface area contributed by atoms with Gasteiger partial charge in [-0.25, -0.2) is 0 Å². The Kier molecular flexibility index (Phi) is 2.26. The van der Waals surface area contributed by atoms with Crippen molar-refractivity contribution in [3.05, 3.63) is 29.3 Å². The van der Waals surface area contributed by atoms with E-state index in [1.807, 2.05) is 12.1 Å². The molecule has 1 heteroatoms. The molecule has 1 aromatic carbocycles. The second-order valence-corrected chi connectivity index (χ2v) is 4.33. The van der Waals surface area contributed by atoms with E-state index >= 15 is 0 Å². The fourth-order valence-electron chi connectivity index (χ4n) is 2.80. The van der Waals surface area contributed by atoms with Crippen LogP contribution < -0.4 is 0 Å². The van der Waals surface area contributed by atoms with Gasteiger partial charge in [-0.05, 0) is 54.4 Å². The van der Waals surface area contributed by atoms with Crippen molar-refractivity contribution in [1.29, 1.82) is 0 Å². The molecular weight excluding hydrogens is 172 g/mol. The van der Waals surface area contributed by atoms with Gasteiger partial charge in [0.1, 0.15) is 5.75 Å². The van der Waals surface area contributed by atoms with Crippen LogP contribution in [0.1, 0.15) is 44.2 Å². The molecule has 1 aliphatic carbocycles. The Balaban J connectivity index is 2.48. The molecule has 0 saturated carbocycles. The van der Waals surface area contributed by atoms with Gasteiger partial charge in [-0.1, -0.05) is 19.9 Å². The normalized spacial score (nSPS) is 18.1.